The molecule has 0 aliphatic carbocycles. The molecule has 5 rings (SSSR count). The lowest BCUT2D eigenvalue weighted by atomic mass is 9.71. The number of rotatable bonds is 20. The summed E-state index contributed by atoms with van der Waals surface area (Å²) in [5.41, 5.74) is 14.0. The zero-order valence-corrected chi connectivity index (χ0v) is 33.0. The van der Waals surface area contributed by atoms with Gasteiger partial charge < -0.3 is 25.0 Å². The summed E-state index contributed by atoms with van der Waals surface area (Å²) >= 11 is 1.39. The topological polar surface area (TPSA) is 75.7 Å². The summed E-state index contributed by atoms with van der Waals surface area (Å²) in [7, 11) is 0. The molecule has 0 unspecified atom stereocenters. The maximum atomic E-state index is 6.04. The van der Waals surface area contributed by atoms with Crippen LogP contribution in [0, 0.1) is 5.41 Å². The molecule has 282 valence electrons. The predicted octanol–water partition coefficient (Wildman–Crippen LogP) is 9.23. The monoisotopic (exact) mass is 733 g/mol. The Morgan fingerprint density at radius 2 is 1.58 bits per heavy atom. The van der Waals surface area contributed by atoms with Gasteiger partial charge in [-0.15, -0.1) is 0 Å². The highest BCUT2D eigenvalue weighted by Gasteiger charge is 2.44. The van der Waals surface area contributed by atoms with Crippen molar-refractivity contribution in [2.45, 2.75) is 57.8 Å². The molecular formula is C45H59N5O2S. The van der Waals surface area contributed by atoms with Crippen molar-refractivity contribution in [3.05, 3.63) is 120 Å². The van der Waals surface area contributed by atoms with E-state index in [-0.39, 0.29) is 5.41 Å². The van der Waals surface area contributed by atoms with Crippen LogP contribution >= 0.6 is 11.9 Å². The second-order valence-electron chi connectivity index (χ2n) is 14.9. The molecule has 0 radical (unpaired) electrons. The Morgan fingerprint density at radius 1 is 0.906 bits per heavy atom. The smallest absolute Gasteiger partial charge is 0.131 e. The number of likely N-dealkylation sites (tertiary alicyclic amines) is 1. The van der Waals surface area contributed by atoms with E-state index in [2.05, 4.69) is 101 Å². The van der Waals surface area contributed by atoms with Gasteiger partial charge in [0.15, 0.2) is 0 Å². The van der Waals surface area contributed by atoms with Crippen LogP contribution in [-0.2, 0) is 16.6 Å². The number of anilines is 1. The number of aryl methyl sites for hydroxylation is 1. The van der Waals surface area contributed by atoms with Crippen LogP contribution in [0.15, 0.2) is 102 Å². The summed E-state index contributed by atoms with van der Waals surface area (Å²) in [6, 6.07) is 24.1. The second kappa shape index (κ2) is 19.8. The Morgan fingerprint density at radius 3 is 2.25 bits per heavy atom. The third-order valence-corrected chi connectivity index (χ3v) is 11.3. The fourth-order valence-corrected chi connectivity index (χ4v) is 7.79. The van der Waals surface area contributed by atoms with Crippen molar-refractivity contribution in [2.75, 3.05) is 63.7 Å². The van der Waals surface area contributed by atoms with E-state index in [1.54, 1.807) is 12.3 Å². The standard InChI is InChI=1S/C45H59N5O2S/c1-6-37-14-19-42(31-38(37)7-2)50-33-45(34-50)23-27-49(28-24-45)26-10-30-51-29-9-8-11-36-12-15-39(16-13-36)44(3,4)40-17-20-43(21-18-40)52-32-41(48-53-5)22-25-47-35-46/h6-7,12-22,25,31,35H,1-2,8-11,23-24,26-30,32-34H2,3-5H3,(H2,46,47)/b25-22-,48-41?. The fraction of sp³-hybridized carbons (Fsp3) is 0.422. The van der Waals surface area contributed by atoms with Crippen molar-refractivity contribution < 1.29 is 9.47 Å². The number of aliphatic imine (C=N–C) groups is 1. The Balaban J connectivity index is 0.933. The van der Waals surface area contributed by atoms with Gasteiger partial charge in [-0.05, 0) is 122 Å². The number of hydrogen-bond donors (Lipinski definition) is 1. The van der Waals surface area contributed by atoms with E-state index in [1.807, 2.05) is 30.5 Å². The zero-order chi connectivity index (χ0) is 37.5. The first-order valence-corrected chi connectivity index (χ1v) is 20.2. The molecule has 0 aromatic heterocycles. The average Bonchev–Trinajstić information content (AvgIpc) is 3.17. The third kappa shape index (κ3) is 11.2. The van der Waals surface area contributed by atoms with Crippen LogP contribution in [-0.4, -0.2) is 75.8 Å². The second-order valence-corrected chi connectivity index (χ2v) is 15.4. The van der Waals surface area contributed by atoms with Crippen LogP contribution in [0.2, 0.25) is 0 Å². The van der Waals surface area contributed by atoms with Gasteiger partial charge in [0.25, 0.3) is 0 Å². The molecule has 2 N–H and O–H groups in total. The van der Waals surface area contributed by atoms with Crippen LogP contribution in [0.4, 0.5) is 5.69 Å². The normalized spacial score (nSPS) is 16.4. The van der Waals surface area contributed by atoms with Gasteiger partial charge in [-0.2, -0.15) is 0 Å². The van der Waals surface area contributed by atoms with Crippen LogP contribution in [0.3, 0.4) is 0 Å². The fourth-order valence-electron chi connectivity index (χ4n) is 7.44. The lowest BCUT2D eigenvalue weighted by molar-refractivity contribution is 0.0652. The maximum Gasteiger partial charge on any atom is 0.131 e. The minimum Gasteiger partial charge on any atom is -0.487 e. The first kappa shape index (κ1) is 40.1. The van der Waals surface area contributed by atoms with Crippen LogP contribution in [0.1, 0.15) is 73.8 Å². The highest BCUT2D eigenvalue weighted by atomic mass is 32.2. The Labute approximate surface area is 322 Å². The van der Waals surface area contributed by atoms with Gasteiger partial charge in [-0.25, -0.2) is 9.39 Å². The van der Waals surface area contributed by atoms with Crippen molar-refractivity contribution in [3.63, 3.8) is 0 Å². The molecule has 7 nitrogen and oxygen atoms in total. The molecule has 2 saturated heterocycles. The summed E-state index contributed by atoms with van der Waals surface area (Å²) in [5.74, 6) is 0.805. The number of nitrogens with zero attached hydrogens (tertiary/aromatic N) is 4. The zero-order valence-electron chi connectivity index (χ0n) is 32.1. The minimum atomic E-state index is -0.123. The molecule has 2 heterocycles. The minimum absolute atomic E-state index is 0.123. The van der Waals surface area contributed by atoms with E-state index in [1.165, 1.54) is 85.2 Å². The SMILES string of the molecule is C=Cc1ccc(N2CC3(CCN(CCCOCCCCc4ccc(C(C)(C)c5ccc(OCC(/C=C\N=CN)=NSC)cc5)cc4)CC3)C2)cc1C=C. The first-order valence-electron chi connectivity index (χ1n) is 19.1. The number of piperidine rings is 1. The number of benzene rings is 3. The van der Waals surface area contributed by atoms with Crippen molar-refractivity contribution in [3.8, 4) is 5.75 Å². The molecule has 1 spiro atoms. The molecule has 8 heteroatoms. The molecular weight excluding hydrogens is 675 g/mol. The lowest BCUT2D eigenvalue weighted by Crippen LogP contribution is -2.60. The average molecular weight is 734 g/mol. The quantitative estimate of drug-likeness (QED) is 0.0540. The van der Waals surface area contributed by atoms with Gasteiger partial charge in [0.05, 0.1) is 12.1 Å². The lowest BCUT2D eigenvalue weighted by Gasteiger charge is -2.55. The summed E-state index contributed by atoms with van der Waals surface area (Å²) < 4.78 is 16.4. The van der Waals surface area contributed by atoms with Gasteiger partial charge in [-0.3, -0.25) is 0 Å². The summed E-state index contributed by atoms with van der Waals surface area (Å²) in [5, 5.41) is 0. The van der Waals surface area contributed by atoms with E-state index in [9.17, 15) is 0 Å². The Kier molecular flexibility index (Phi) is 15.0. The number of unbranched alkanes of at least 4 members (excludes halogenated alkanes) is 1. The molecule has 53 heavy (non-hydrogen) atoms. The molecule has 2 aliphatic heterocycles. The van der Waals surface area contributed by atoms with Crippen molar-refractivity contribution in [1.82, 2.24) is 4.90 Å². The van der Waals surface area contributed by atoms with Gasteiger partial charge in [0.2, 0.25) is 0 Å². The summed E-state index contributed by atoms with van der Waals surface area (Å²) in [6.07, 6.45) is 17.4. The van der Waals surface area contributed by atoms with Crippen molar-refractivity contribution in [1.29, 1.82) is 0 Å². The van der Waals surface area contributed by atoms with Gasteiger partial charge in [-0.1, -0.05) is 81.6 Å². The van der Waals surface area contributed by atoms with Gasteiger partial charge in [0.1, 0.15) is 12.4 Å². The molecule has 0 bridgehead atoms. The van der Waals surface area contributed by atoms with E-state index in [4.69, 9.17) is 15.2 Å². The van der Waals surface area contributed by atoms with Crippen LogP contribution in [0.5, 0.6) is 5.75 Å². The third-order valence-electron chi connectivity index (χ3n) is 10.9. The number of hydrogen-bond acceptors (Lipinski definition) is 7. The Bertz CT molecular complexity index is 1700. The van der Waals surface area contributed by atoms with Crippen molar-refractivity contribution in [2.24, 2.45) is 20.5 Å². The molecule has 2 fully saturated rings. The maximum absolute atomic E-state index is 6.04. The molecule has 3 aromatic carbocycles. The molecule has 0 atom stereocenters. The highest BCUT2D eigenvalue weighted by molar-refractivity contribution is 7.97. The molecule has 0 saturated carbocycles. The van der Waals surface area contributed by atoms with Gasteiger partial charge in [0, 0.05) is 61.8 Å². The van der Waals surface area contributed by atoms with Crippen LogP contribution < -0.4 is 15.4 Å². The summed E-state index contributed by atoms with van der Waals surface area (Å²) in [4.78, 5) is 9.07. The van der Waals surface area contributed by atoms with Crippen molar-refractivity contribution >= 4 is 41.8 Å². The summed E-state index contributed by atoms with van der Waals surface area (Å²) in [6.45, 7) is 20.4. The molecule has 0 amide bonds. The first-order chi connectivity index (χ1) is 25.8. The number of ether oxygens (including phenoxy) is 2. The largest absolute Gasteiger partial charge is 0.487 e. The molecule has 3 aromatic rings. The van der Waals surface area contributed by atoms with E-state index < -0.39 is 0 Å². The molecule has 2 aliphatic rings. The number of nitrogens with two attached hydrogens (primary N) is 1. The van der Waals surface area contributed by atoms with E-state index in [0.717, 1.165) is 62.5 Å². The van der Waals surface area contributed by atoms with E-state index in [0.29, 0.717) is 12.0 Å². The van der Waals surface area contributed by atoms with Crippen LogP contribution in [0.25, 0.3) is 12.2 Å². The predicted molar refractivity (Wildman–Crippen MR) is 229 cm³/mol. The Hall–Kier alpha value is -4.11. The highest BCUT2D eigenvalue weighted by Crippen LogP contribution is 2.43. The van der Waals surface area contributed by atoms with E-state index >= 15 is 0 Å². The van der Waals surface area contributed by atoms with Gasteiger partial charge >= 0.3 is 0 Å².